The maximum absolute atomic E-state index is 11.3. The van der Waals surface area contributed by atoms with Crippen LogP contribution < -0.4 is 4.74 Å². The summed E-state index contributed by atoms with van der Waals surface area (Å²) in [6.07, 6.45) is 0. The van der Waals surface area contributed by atoms with Crippen molar-refractivity contribution in [2.24, 2.45) is 0 Å². The number of ether oxygens (including phenoxy) is 1. The number of rotatable bonds is 6. The fraction of sp³-hybridized carbons (Fsp3) is 0.467. The molecule has 0 saturated heterocycles. The number of hydrogen-bond acceptors (Lipinski definition) is 4. The summed E-state index contributed by atoms with van der Waals surface area (Å²) in [6, 6.07) is 4.89. The average Bonchev–Trinajstić information content (AvgIpc) is 2.39. The van der Waals surface area contributed by atoms with E-state index in [9.17, 15) is 14.7 Å². The fourth-order valence-electron chi connectivity index (χ4n) is 2.28. The van der Waals surface area contributed by atoms with Gasteiger partial charge in [-0.1, -0.05) is 26.0 Å². The summed E-state index contributed by atoms with van der Waals surface area (Å²) in [4.78, 5) is 24.7. The minimum atomic E-state index is -1.10. The van der Waals surface area contributed by atoms with Gasteiger partial charge < -0.3 is 9.84 Å². The van der Waals surface area contributed by atoms with Gasteiger partial charge in [-0.2, -0.15) is 0 Å². The lowest BCUT2D eigenvalue weighted by molar-refractivity contribution is -0.132. The van der Waals surface area contributed by atoms with Crippen molar-refractivity contribution in [3.8, 4) is 5.75 Å². The molecule has 1 atom stereocenters. The number of carboxylic acids is 1. The highest BCUT2D eigenvalue weighted by Crippen LogP contribution is 2.32. The second-order valence-electron chi connectivity index (χ2n) is 4.52. The Bertz CT molecular complexity index is 495. The third-order valence-corrected chi connectivity index (χ3v) is 3.33. The zero-order chi connectivity index (χ0) is 15.3. The Labute approximate surface area is 119 Å². The molecule has 20 heavy (non-hydrogen) atoms. The minimum absolute atomic E-state index is 0.0108. The molecule has 1 N–H and O–H groups in total. The van der Waals surface area contributed by atoms with Gasteiger partial charge in [-0.3, -0.25) is 9.69 Å². The molecule has 1 rings (SSSR count). The van der Waals surface area contributed by atoms with Crippen molar-refractivity contribution in [2.45, 2.75) is 33.7 Å². The van der Waals surface area contributed by atoms with E-state index in [1.54, 1.807) is 12.1 Å². The monoisotopic (exact) mass is 279 g/mol. The predicted octanol–water partition coefficient (Wildman–Crippen LogP) is 2.71. The van der Waals surface area contributed by atoms with Gasteiger partial charge in [-0.05, 0) is 26.1 Å². The standard InChI is InChI=1S/C15H21NO4/c1-5-16(6-2)10(3)12-8-7-9-13(15(18)19)14(12)20-11(4)17/h7-10H,5-6H2,1-4H3,(H,18,19). The van der Waals surface area contributed by atoms with Crippen molar-refractivity contribution in [1.82, 2.24) is 4.90 Å². The summed E-state index contributed by atoms with van der Waals surface area (Å²) in [5, 5.41) is 9.23. The molecule has 0 amide bonds. The lowest BCUT2D eigenvalue weighted by Gasteiger charge is -2.28. The van der Waals surface area contributed by atoms with Crippen LogP contribution in [-0.4, -0.2) is 35.0 Å². The SMILES string of the molecule is CCN(CC)C(C)c1cccc(C(=O)O)c1OC(C)=O. The number of aromatic carboxylic acids is 1. The Balaban J connectivity index is 3.33. The van der Waals surface area contributed by atoms with E-state index in [1.807, 2.05) is 20.8 Å². The van der Waals surface area contributed by atoms with Crippen molar-refractivity contribution in [3.05, 3.63) is 29.3 Å². The molecule has 0 aliphatic rings. The normalized spacial score (nSPS) is 12.2. The Morgan fingerprint density at radius 2 is 1.90 bits per heavy atom. The molecule has 0 saturated carbocycles. The largest absolute Gasteiger partial charge is 0.478 e. The van der Waals surface area contributed by atoms with Crippen molar-refractivity contribution >= 4 is 11.9 Å². The molecule has 0 heterocycles. The van der Waals surface area contributed by atoms with E-state index >= 15 is 0 Å². The van der Waals surface area contributed by atoms with Gasteiger partial charge in [0.05, 0.1) is 0 Å². The third-order valence-electron chi connectivity index (χ3n) is 3.33. The first-order valence-electron chi connectivity index (χ1n) is 6.71. The van der Waals surface area contributed by atoms with Crippen molar-refractivity contribution in [3.63, 3.8) is 0 Å². The Kier molecular flexibility index (Phi) is 5.70. The summed E-state index contributed by atoms with van der Waals surface area (Å²) >= 11 is 0. The van der Waals surface area contributed by atoms with Gasteiger partial charge in [0.1, 0.15) is 11.3 Å². The summed E-state index contributed by atoms with van der Waals surface area (Å²) in [7, 11) is 0. The van der Waals surface area contributed by atoms with Gasteiger partial charge >= 0.3 is 11.9 Å². The molecule has 0 radical (unpaired) electrons. The highest BCUT2D eigenvalue weighted by atomic mass is 16.5. The number of hydrogen-bond donors (Lipinski definition) is 1. The maximum atomic E-state index is 11.3. The maximum Gasteiger partial charge on any atom is 0.339 e. The van der Waals surface area contributed by atoms with E-state index in [0.29, 0.717) is 5.56 Å². The van der Waals surface area contributed by atoms with Gasteiger partial charge in [0.2, 0.25) is 0 Å². The summed E-state index contributed by atoms with van der Waals surface area (Å²) in [5.74, 6) is -1.48. The van der Waals surface area contributed by atoms with Crippen LogP contribution >= 0.6 is 0 Å². The molecule has 110 valence electrons. The predicted molar refractivity (Wildman–Crippen MR) is 76.0 cm³/mol. The van der Waals surface area contributed by atoms with Crippen LogP contribution in [0.5, 0.6) is 5.75 Å². The summed E-state index contributed by atoms with van der Waals surface area (Å²) < 4.78 is 5.15. The molecule has 5 nitrogen and oxygen atoms in total. The number of para-hydroxylation sites is 1. The number of nitrogens with zero attached hydrogens (tertiary/aromatic N) is 1. The number of esters is 1. The van der Waals surface area contributed by atoms with Gasteiger partial charge in [0, 0.05) is 18.5 Å². The van der Waals surface area contributed by atoms with Crippen LogP contribution in [0.2, 0.25) is 0 Å². The van der Waals surface area contributed by atoms with E-state index in [-0.39, 0.29) is 17.4 Å². The molecular formula is C15H21NO4. The first kappa shape index (κ1) is 16.2. The molecule has 0 aliphatic carbocycles. The molecule has 0 bridgehead atoms. The first-order chi connectivity index (χ1) is 9.42. The van der Waals surface area contributed by atoms with Crippen LogP contribution in [0.3, 0.4) is 0 Å². The highest BCUT2D eigenvalue weighted by Gasteiger charge is 2.23. The number of benzene rings is 1. The lowest BCUT2D eigenvalue weighted by atomic mass is 10.0. The van der Waals surface area contributed by atoms with E-state index in [0.717, 1.165) is 13.1 Å². The van der Waals surface area contributed by atoms with Crippen molar-refractivity contribution < 1.29 is 19.4 Å². The Hall–Kier alpha value is -1.88. The number of carbonyl (C=O) groups is 2. The van der Waals surface area contributed by atoms with Crippen LogP contribution in [0.4, 0.5) is 0 Å². The van der Waals surface area contributed by atoms with Crippen molar-refractivity contribution in [1.29, 1.82) is 0 Å². The molecule has 0 aromatic heterocycles. The van der Waals surface area contributed by atoms with Gasteiger partial charge in [-0.15, -0.1) is 0 Å². The zero-order valence-corrected chi connectivity index (χ0v) is 12.3. The third kappa shape index (κ3) is 3.57. The lowest BCUT2D eigenvalue weighted by Crippen LogP contribution is -2.27. The molecule has 0 fully saturated rings. The van der Waals surface area contributed by atoms with Crippen LogP contribution in [0.25, 0.3) is 0 Å². The van der Waals surface area contributed by atoms with Gasteiger partial charge in [-0.25, -0.2) is 4.79 Å². The smallest absolute Gasteiger partial charge is 0.339 e. The van der Waals surface area contributed by atoms with E-state index in [1.165, 1.54) is 13.0 Å². The first-order valence-corrected chi connectivity index (χ1v) is 6.71. The van der Waals surface area contributed by atoms with Crippen LogP contribution in [0.1, 0.15) is 49.7 Å². The fourth-order valence-corrected chi connectivity index (χ4v) is 2.28. The second-order valence-corrected chi connectivity index (χ2v) is 4.52. The van der Waals surface area contributed by atoms with Crippen LogP contribution in [-0.2, 0) is 4.79 Å². The topological polar surface area (TPSA) is 66.8 Å². The van der Waals surface area contributed by atoms with Gasteiger partial charge in [0.25, 0.3) is 0 Å². The molecule has 1 unspecified atom stereocenters. The van der Waals surface area contributed by atoms with Crippen LogP contribution in [0.15, 0.2) is 18.2 Å². The Morgan fingerprint density at radius 1 is 1.30 bits per heavy atom. The number of carboxylic acid groups (broad SMARTS) is 1. The molecule has 1 aromatic rings. The van der Waals surface area contributed by atoms with Crippen LogP contribution in [0, 0.1) is 0 Å². The zero-order valence-electron chi connectivity index (χ0n) is 12.3. The quantitative estimate of drug-likeness (QED) is 0.640. The highest BCUT2D eigenvalue weighted by molar-refractivity contribution is 5.92. The molecule has 0 aliphatic heterocycles. The molecule has 1 aromatic carbocycles. The molecule has 5 heteroatoms. The summed E-state index contributed by atoms with van der Waals surface area (Å²) in [5.41, 5.74) is 0.723. The molecule has 0 spiro atoms. The van der Waals surface area contributed by atoms with Crippen molar-refractivity contribution in [2.75, 3.05) is 13.1 Å². The average molecular weight is 279 g/mol. The van der Waals surface area contributed by atoms with Gasteiger partial charge in [0.15, 0.2) is 0 Å². The second kappa shape index (κ2) is 7.05. The van der Waals surface area contributed by atoms with E-state index in [4.69, 9.17) is 4.74 Å². The summed E-state index contributed by atoms with van der Waals surface area (Å²) in [6.45, 7) is 8.97. The number of carbonyl (C=O) groups excluding carboxylic acids is 1. The minimum Gasteiger partial charge on any atom is -0.478 e. The van der Waals surface area contributed by atoms with E-state index in [2.05, 4.69) is 4.90 Å². The molecular weight excluding hydrogens is 258 g/mol. The Morgan fingerprint density at radius 3 is 2.35 bits per heavy atom. The van der Waals surface area contributed by atoms with E-state index < -0.39 is 11.9 Å².